The number of nitrogens with zero attached hydrogens (tertiary/aromatic N) is 6. The van der Waals surface area contributed by atoms with Crippen LogP contribution in [0.4, 0.5) is 5.95 Å². The molecular weight excluding hydrogens is 458 g/mol. The van der Waals surface area contributed by atoms with Gasteiger partial charge in [0.05, 0.1) is 31.4 Å². The third-order valence-corrected chi connectivity index (χ3v) is 6.64. The van der Waals surface area contributed by atoms with Gasteiger partial charge in [-0.05, 0) is 31.9 Å². The standard InChI is InChI=1S/C26H29N7O3/c1-4-5-13-32-22-23(29-25(32)31-12-8-9-17(27)15-31)30(2)26(35)33(24(22)34)16-18-14-21(36-3)19-10-6-7-11-20(19)28-18/h6-7,10-11,14,17H,8-9,12-13,15-16,27H2,1-3H3/t17-/m1/s1. The molecule has 0 saturated carbocycles. The van der Waals surface area contributed by atoms with Gasteiger partial charge in [-0.15, -0.1) is 5.92 Å². The molecule has 1 fully saturated rings. The largest absolute Gasteiger partial charge is 0.496 e. The summed E-state index contributed by atoms with van der Waals surface area (Å²) < 4.78 is 9.96. The number of rotatable bonds is 5. The van der Waals surface area contributed by atoms with Crippen LogP contribution >= 0.6 is 0 Å². The maximum absolute atomic E-state index is 13.8. The summed E-state index contributed by atoms with van der Waals surface area (Å²) in [7, 11) is 3.22. The molecule has 0 bridgehead atoms. The minimum absolute atomic E-state index is 0.00278. The van der Waals surface area contributed by atoms with Gasteiger partial charge in [-0.25, -0.2) is 4.79 Å². The van der Waals surface area contributed by atoms with Crippen LogP contribution in [0.25, 0.3) is 22.1 Å². The lowest BCUT2D eigenvalue weighted by molar-refractivity contribution is 0.418. The number of nitrogens with two attached hydrogens (primary N) is 1. The fourth-order valence-electron chi connectivity index (χ4n) is 4.85. The smallest absolute Gasteiger partial charge is 0.332 e. The van der Waals surface area contributed by atoms with Crippen LogP contribution in [0, 0.1) is 11.8 Å². The predicted molar refractivity (Wildman–Crippen MR) is 140 cm³/mol. The Bertz CT molecular complexity index is 1640. The van der Waals surface area contributed by atoms with Crippen molar-refractivity contribution in [1.82, 2.24) is 23.7 Å². The average molecular weight is 488 g/mol. The van der Waals surface area contributed by atoms with Crippen molar-refractivity contribution in [3.63, 3.8) is 0 Å². The molecule has 1 saturated heterocycles. The third-order valence-electron chi connectivity index (χ3n) is 6.64. The zero-order valence-corrected chi connectivity index (χ0v) is 20.7. The molecule has 10 nitrogen and oxygen atoms in total. The van der Waals surface area contributed by atoms with Crippen LogP contribution in [0.3, 0.4) is 0 Å². The second kappa shape index (κ2) is 9.51. The van der Waals surface area contributed by atoms with Gasteiger partial charge in [0, 0.05) is 37.6 Å². The first-order chi connectivity index (χ1) is 17.4. The van der Waals surface area contributed by atoms with Crippen molar-refractivity contribution in [3.05, 3.63) is 56.9 Å². The van der Waals surface area contributed by atoms with Crippen LogP contribution in [0.2, 0.25) is 0 Å². The summed E-state index contributed by atoms with van der Waals surface area (Å²) in [5.41, 5.74) is 7.26. The Morgan fingerprint density at radius 3 is 2.75 bits per heavy atom. The lowest BCUT2D eigenvalue weighted by atomic mass is 10.1. The minimum atomic E-state index is -0.463. The van der Waals surface area contributed by atoms with Gasteiger partial charge in [0.25, 0.3) is 5.56 Å². The lowest BCUT2D eigenvalue weighted by Gasteiger charge is -2.31. The van der Waals surface area contributed by atoms with Crippen LogP contribution in [-0.4, -0.2) is 49.9 Å². The van der Waals surface area contributed by atoms with Crippen molar-refractivity contribution in [3.8, 4) is 17.6 Å². The fraction of sp³-hybridized carbons (Fsp3) is 0.385. The molecule has 1 atom stereocenters. The molecule has 0 aliphatic carbocycles. The number of aryl methyl sites for hydroxylation is 1. The SMILES string of the molecule is CC#CCn1c(N2CCC[C@@H](N)C2)nc2c1c(=O)n(Cc1cc(OC)c3ccccc3n1)c(=O)n2C. The minimum Gasteiger partial charge on any atom is -0.496 e. The monoisotopic (exact) mass is 487 g/mol. The molecule has 4 heterocycles. The van der Waals surface area contributed by atoms with Gasteiger partial charge in [0.1, 0.15) is 5.75 Å². The summed E-state index contributed by atoms with van der Waals surface area (Å²) in [6.45, 7) is 3.44. The molecule has 0 amide bonds. The van der Waals surface area contributed by atoms with Crippen LogP contribution in [0.15, 0.2) is 39.9 Å². The molecule has 4 aromatic rings. The number of piperidine rings is 1. The molecule has 36 heavy (non-hydrogen) atoms. The zero-order valence-electron chi connectivity index (χ0n) is 20.7. The molecule has 5 rings (SSSR count). The normalized spacial score (nSPS) is 15.8. The molecule has 0 unspecified atom stereocenters. The number of pyridine rings is 1. The summed E-state index contributed by atoms with van der Waals surface area (Å²) in [4.78, 5) is 38.6. The van der Waals surface area contributed by atoms with Crippen LogP contribution < -0.4 is 26.6 Å². The zero-order chi connectivity index (χ0) is 25.4. The second-order valence-electron chi connectivity index (χ2n) is 9.01. The van der Waals surface area contributed by atoms with E-state index in [1.54, 1.807) is 31.7 Å². The van der Waals surface area contributed by atoms with Crippen molar-refractivity contribution < 1.29 is 4.74 Å². The van der Waals surface area contributed by atoms with Gasteiger partial charge in [0.15, 0.2) is 11.2 Å². The number of benzene rings is 1. The number of para-hydroxylation sites is 1. The first kappa shape index (κ1) is 23.6. The summed E-state index contributed by atoms with van der Waals surface area (Å²) >= 11 is 0. The van der Waals surface area contributed by atoms with Gasteiger partial charge in [-0.3, -0.25) is 23.5 Å². The molecule has 1 aromatic carbocycles. The van der Waals surface area contributed by atoms with Gasteiger partial charge < -0.3 is 15.4 Å². The van der Waals surface area contributed by atoms with E-state index in [4.69, 9.17) is 15.5 Å². The highest BCUT2D eigenvalue weighted by molar-refractivity contribution is 5.85. The molecule has 2 N–H and O–H groups in total. The molecule has 0 spiro atoms. The van der Waals surface area contributed by atoms with E-state index in [-0.39, 0.29) is 19.1 Å². The Kier molecular flexibility index (Phi) is 6.24. The fourth-order valence-corrected chi connectivity index (χ4v) is 4.85. The van der Waals surface area contributed by atoms with Crippen LogP contribution in [0.1, 0.15) is 25.5 Å². The van der Waals surface area contributed by atoms with Crippen molar-refractivity contribution in [2.45, 2.75) is 38.9 Å². The van der Waals surface area contributed by atoms with E-state index in [9.17, 15) is 9.59 Å². The van der Waals surface area contributed by atoms with Crippen molar-refractivity contribution in [2.75, 3.05) is 25.1 Å². The van der Waals surface area contributed by atoms with Crippen molar-refractivity contribution in [1.29, 1.82) is 0 Å². The molecule has 10 heteroatoms. The quantitative estimate of drug-likeness (QED) is 0.424. The number of hydrogen-bond acceptors (Lipinski definition) is 7. The van der Waals surface area contributed by atoms with Crippen LogP contribution in [0.5, 0.6) is 5.75 Å². The number of fused-ring (bicyclic) bond motifs is 2. The number of methoxy groups -OCH3 is 1. The number of imidazole rings is 1. The summed E-state index contributed by atoms with van der Waals surface area (Å²) in [6.07, 6.45) is 1.88. The van der Waals surface area contributed by atoms with Gasteiger partial charge >= 0.3 is 5.69 Å². The van der Waals surface area contributed by atoms with Gasteiger partial charge in [-0.2, -0.15) is 4.98 Å². The number of aromatic nitrogens is 5. The van der Waals surface area contributed by atoms with Gasteiger partial charge in [0.2, 0.25) is 5.95 Å². The highest BCUT2D eigenvalue weighted by atomic mass is 16.5. The van der Waals surface area contributed by atoms with Crippen LogP contribution in [-0.2, 0) is 20.1 Å². The molecule has 1 aliphatic rings. The molecule has 1 aliphatic heterocycles. The average Bonchev–Trinajstić information content (AvgIpc) is 3.28. The Hall–Kier alpha value is -4.10. The molecule has 3 aromatic heterocycles. The molecule has 0 radical (unpaired) electrons. The summed E-state index contributed by atoms with van der Waals surface area (Å²) in [5, 5.41) is 0.861. The number of ether oxygens (including phenoxy) is 1. The highest BCUT2D eigenvalue weighted by Gasteiger charge is 2.26. The first-order valence-electron chi connectivity index (χ1n) is 12.0. The Labute approximate surface area is 207 Å². The molecule has 186 valence electrons. The topological polar surface area (TPSA) is 113 Å². The van der Waals surface area contributed by atoms with E-state index in [1.165, 1.54) is 9.13 Å². The maximum Gasteiger partial charge on any atom is 0.332 e. The van der Waals surface area contributed by atoms with E-state index >= 15 is 0 Å². The molecular formula is C26H29N7O3. The Balaban J connectivity index is 1.69. The van der Waals surface area contributed by atoms with Crippen molar-refractivity contribution >= 4 is 28.0 Å². The number of anilines is 1. The predicted octanol–water partition coefficient (Wildman–Crippen LogP) is 1.45. The Morgan fingerprint density at radius 2 is 2.00 bits per heavy atom. The lowest BCUT2D eigenvalue weighted by Crippen LogP contribution is -2.44. The summed E-state index contributed by atoms with van der Waals surface area (Å²) in [5.74, 6) is 7.19. The second-order valence-corrected chi connectivity index (χ2v) is 9.01. The number of hydrogen-bond donors (Lipinski definition) is 1. The maximum atomic E-state index is 13.8. The van der Waals surface area contributed by atoms with E-state index in [2.05, 4.69) is 21.7 Å². The summed E-state index contributed by atoms with van der Waals surface area (Å²) in [6, 6.07) is 9.38. The van der Waals surface area contributed by atoms with Crippen molar-refractivity contribution in [2.24, 2.45) is 12.8 Å². The first-order valence-corrected chi connectivity index (χ1v) is 12.0. The third kappa shape index (κ3) is 4.01. The van der Waals surface area contributed by atoms with E-state index in [0.717, 1.165) is 30.3 Å². The van der Waals surface area contributed by atoms with Gasteiger partial charge in [-0.1, -0.05) is 18.1 Å². The van der Waals surface area contributed by atoms with E-state index < -0.39 is 11.2 Å². The van der Waals surface area contributed by atoms with E-state index in [0.29, 0.717) is 35.1 Å². The Morgan fingerprint density at radius 1 is 1.19 bits per heavy atom. The highest BCUT2D eigenvalue weighted by Crippen LogP contribution is 2.26. The van der Waals surface area contributed by atoms with E-state index in [1.807, 2.05) is 24.3 Å².